The van der Waals surface area contributed by atoms with Gasteiger partial charge in [0.1, 0.15) is 0 Å². The van der Waals surface area contributed by atoms with E-state index >= 15 is 0 Å². The zero-order valence-electron chi connectivity index (χ0n) is 21.0. The molecule has 3 fully saturated rings. The first-order valence-corrected chi connectivity index (χ1v) is 12.4. The number of carboxylic acid groups (broad SMARTS) is 1. The predicted octanol–water partition coefficient (Wildman–Crippen LogP) is 3.41. The zero-order chi connectivity index (χ0) is 28.0. The molecule has 1 saturated heterocycles. The molecule has 4 rings (SSSR count). The van der Waals surface area contributed by atoms with Gasteiger partial charge >= 0.3 is 12.1 Å². The first-order valence-electron chi connectivity index (χ1n) is 12.4. The normalized spacial score (nSPS) is 22.7. The first-order chi connectivity index (χ1) is 17.9. The summed E-state index contributed by atoms with van der Waals surface area (Å²) in [6.07, 6.45) is 1.69. The summed E-state index contributed by atoms with van der Waals surface area (Å²) in [5, 5.41) is 25.4. The number of hydrogen-bond donors (Lipinski definition) is 3. The molecule has 0 bridgehead atoms. The number of alkyl halides is 3. The Hall–Kier alpha value is -3.59. The fraction of sp³-hybridized carbons (Fsp3) is 0.538. The van der Waals surface area contributed by atoms with Crippen LogP contribution in [0.15, 0.2) is 29.8 Å². The van der Waals surface area contributed by atoms with E-state index in [9.17, 15) is 28.0 Å². The molecule has 2 amide bonds. The number of hydrogen-bond acceptors (Lipinski definition) is 6. The van der Waals surface area contributed by atoms with Gasteiger partial charge in [-0.3, -0.25) is 14.8 Å². The lowest BCUT2D eigenvalue weighted by Gasteiger charge is -2.40. The molecule has 3 aliphatic rings. The fourth-order valence-electron chi connectivity index (χ4n) is 4.95. The van der Waals surface area contributed by atoms with Crippen LogP contribution in [0.25, 0.3) is 0 Å². The maximum absolute atomic E-state index is 13.3. The van der Waals surface area contributed by atoms with E-state index in [4.69, 9.17) is 15.2 Å². The second-order valence-corrected chi connectivity index (χ2v) is 9.82. The average molecular weight is 537 g/mol. The van der Waals surface area contributed by atoms with Crippen molar-refractivity contribution in [1.82, 2.24) is 10.4 Å². The van der Waals surface area contributed by atoms with E-state index in [2.05, 4.69) is 17.0 Å². The molecule has 206 valence electrons. The molecule has 0 spiro atoms. The van der Waals surface area contributed by atoms with Crippen molar-refractivity contribution in [3.8, 4) is 6.07 Å². The summed E-state index contributed by atoms with van der Waals surface area (Å²) in [4.78, 5) is 38.7. The van der Waals surface area contributed by atoms with E-state index in [1.165, 1.54) is 18.4 Å². The van der Waals surface area contributed by atoms with Gasteiger partial charge in [-0.15, -0.1) is 0 Å². The molecule has 2 saturated carbocycles. The van der Waals surface area contributed by atoms with Gasteiger partial charge in [0, 0.05) is 31.9 Å². The SMILES string of the molecule is Cc1cc(C#N)ccc1N1CCN(C(=O)[C@H]2CC/C(=C\C3CC3)C[C@@H]2C(=O)NO)CC1.O=C(O)C(F)(F)F. The van der Waals surface area contributed by atoms with Crippen molar-refractivity contribution in [3.63, 3.8) is 0 Å². The highest BCUT2D eigenvalue weighted by molar-refractivity contribution is 5.88. The maximum atomic E-state index is 13.3. The van der Waals surface area contributed by atoms with Crippen LogP contribution in [0.3, 0.4) is 0 Å². The van der Waals surface area contributed by atoms with Crippen molar-refractivity contribution in [2.45, 2.75) is 45.2 Å². The molecule has 1 aromatic rings. The lowest BCUT2D eigenvalue weighted by Crippen LogP contribution is -2.53. The lowest BCUT2D eigenvalue weighted by molar-refractivity contribution is -0.192. The molecule has 38 heavy (non-hydrogen) atoms. The van der Waals surface area contributed by atoms with Crippen LogP contribution < -0.4 is 10.4 Å². The number of hydroxylamine groups is 1. The third kappa shape index (κ3) is 7.47. The quantitative estimate of drug-likeness (QED) is 0.305. The van der Waals surface area contributed by atoms with Gasteiger partial charge < -0.3 is 14.9 Å². The molecule has 0 unspecified atom stereocenters. The molecule has 1 aromatic carbocycles. The van der Waals surface area contributed by atoms with Gasteiger partial charge in [-0.05, 0) is 68.7 Å². The maximum Gasteiger partial charge on any atom is 0.490 e. The van der Waals surface area contributed by atoms with Gasteiger partial charge in [0.15, 0.2) is 0 Å². The largest absolute Gasteiger partial charge is 0.490 e. The van der Waals surface area contributed by atoms with Gasteiger partial charge in [-0.25, -0.2) is 10.3 Å². The van der Waals surface area contributed by atoms with Crippen molar-refractivity contribution in [1.29, 1.82) is 5.26 Å². The summed E-state index contributed by atoms with van der Waals surface area (Å²) in [5.41, 5.74) is 5.84. The second kappa shape index (κ2) is 12.3. The third-order valence-corrected chi connectivity index (χ3v) is 7.10. The van der Waals surface area contributed by atoms with E-state index in [1.54, 1.807) is 5.48 Å². The lowest BCUT2D eigenvalue weighted by atomic mass is 9.75. The van der Waals surface area contributed by atoms with Crippen LogP contribution in [0.1, 0.15) is 43.2 Å². The number of carboxylic acids is 1. The smallest absolute Gasteiger partial charge is 0.475 e. The number of piperazine rings is 1. The second-order valence-electron chi connectivity index (χ2n) is 9.82. The molecule has 1 aliphatic heterocycles. The van der Waals surface area contributed by atoms with Crippen molar-refractivity contribution < 1.29 is 37.9 Å². The highest BCUT2D eigenvalue weighted by atomic mass is 19.4. The molecule has 3 N–H and O–H groups in total. The van der Waals surface area contributed by atoms with Gasteiger partial charge in [0.25, 0.3) is 0 Å². The summed E-state index contributed by atoms with van der Waals surface area (Å²) in [6.45, 7) is 4.64. The Morgan fingerprint density at radius 2 is 1.74 bits per heavy atom. The third-order valence-electron chi connectivity index (χ3n) is 7.10. The predicted molar refractivity (Wildman–Crippen MR) is 130 cm³/mol. The van der Waals surface area contributed by atoms with Crippen LogP contribution in [0.5, 0.6) is 0 Å². The number of nitrogens with one attached hydrogen (secondary N) is 1. The van der Waals surface area contributed by atoms with E-state index in [0.29, 0.717) is 37.4 Å². The topological polar surface area (TPSA) is 134 Å². The number of carbonyl (C=O) groups excluding carboxylic acids is 2. The number of anilines is 1. The van der Waals surface area contributed by atoms with E-state index in [1.807, 2.05) is 30.0 Å². The van der Waals surface area contributed by atoms with E-state index in [-0.39, 0.29) is 11.8 Å². The molecule has 12 heteroatoms. The van der Waals surface area contributed by atoms with Crippen LogP contribution in [0, 0.1) is 36.0 Å². The number of rotatable bonds is 4. The summed E-state index contributed by atoms with van der Waals surface area (Å²) in [5.74, 6) is -3.44. The van der Waals surface area contributed by atoms with Crippen LogP contribution in [-0.2, 0) is 14.4 Å². The standard InChI is InChI=1S/C24H30N4O3.C2HF3O2/c1-16-12-19(15-25)5-7-22(16)27-8-10-28(11-9-27)24(30)20-6-4-18(13-17-2-3-17)14-21(20)23(29)26-31;3-2(4,5)1(6)7/h5,7,12-13,17,20-21,31H,2-4,6,8-11,14H2,1H3,(H,26,29);(H,6,7)/b18-13+;/t20-,21-;/m0./s1. The number of nitrogens with zero attached hydrogens (tertiary/aromatic N) is 3. The van der Waals surface area contributed by atoms with Crippen molar-refractivity contribution >= 4 is 23.5 Å². The van der Waals surface area contributed by atoms with Gasteiger partial charge in [0.2, 0.25) is 11.8 Å². The Balaban J connectivity index is 0.000000505. The summed E-state index contributed by atoms with van der Waals surface area (Å²) in [6, 6.07) is 7.85. The van der Waals surface area contributed by atoms with Crippen molar-refractivity contribution in [3.05, 3.63) is 41.0 Å². The van der Waals surface area contributed by atoms with Crippen LogP contribution in [0.2, 0.25) is 0 Å². The average Bonchev–Trinajstić information content (AvgIpc) is 3.71. The minimum Gasteiger partial charge on any atom is -0.475 e. The molecule has 0 aromatic heterocycles. The molecule has 2 atom stereocenters. The molecule has 0 radical (unpaired) electrons. The fourth-order valence-corrected chi connectivity index (χ4v) is 4.95. The molecular weight excluding hydrogens is 505 g/mol. The minimum atomic E-state index is -5.08. The van der Waals surface area contributed by atoms with Crippen LogP contribution >= 0.6 is 0 Å². The molecule has 9 nitrogen and oxygen atoms in total. The zero-order valence-corrected chi connectivity index (χ0v) is 21.0. The number of halogens is 3. The Morgan fingerprint density at radius 1 is 1.11 bits per heavy atom. The Morgan fingerprint density at radius 3 is 2.24 bits per heavy atom. The number of allylic oxidation sites excluding steroid dienone is 2. The van der Waals surface area contributed by atoms with Crippen molar-refractivity contribution in [2.75, 3.05) is 31.1 Å². The summed E-state index contributed by atoms with van der Waals surface area (Å²) >= 11 is 0. The van der Waals surface area contributed by atoms with Gasteiger partial charge in [-0.1, -0.05) is 11.6 Å². The minimum absolute atomic E-state index is 0.0234. The van der Waals surface area contributed by atoms with Crippen molar-refractivity contribution in [2.24, 2.45) is 17.8 Å². The van der Waals surface area contributed by atoms with E-state index < -0.39 is 24.0 Å². The van der Waals surface area contributed by atoms with Gasteiger partial charge in [0.05, 0.1) is 23.5 Å². The Labute approximate surface area is 218 Å². The van der Waals surface area contributed by atoms with Crippen LogP contribution in [0.4, 0.5) is 18.9 Å². The monoisotopic (exact) mass is 536 g/mol. The van der Waals surface area contributed by atoms with E-state index in [0.717, 1.165) is 30.8 Å². The summed E-state index contributed by atoms with van der Waals surface area (Å²) in [7, 11) is 0. The number of nitriles is 1. The Bertz CT molecular complexity index is 1120. The highest BCUT2D eigenvalue weighted by Crippen LogP contribution is 2.39. The highest BCUT2D eigenvalue weighted by Gasteiger charge is 2.40. The van der Waals surface area contributed by atoms with Gasteiger partial charge in [-0.2, -0.15) is 18.4 Å². The summed E-state index contributed by atoms with van der Waals surface area (Å²) < 4.78 is 31.7. The number of benzene rings is 1. The number of amides is 2. The van der Waals surface area contributed by atoms with Crippen LogP contribution in [-0.4, -0.2) is 65.4 Å². The number of aliphatic carboxylic acids is 1. The molecule has 2 aliphatic carbocycles. The number of carbonyl (C=O) groups is 3. The number of aryl methyl sites for hydroxylation is 1. The molecular formula is C26H31F3N4O5. The molecule has 1 heterocycles. The first kappa shape index (κ1) is 29.0. The Kier molecular flexibility index (Phi) is 9.38.